The highest BCUT2D eigenvalue weighted by Crippen LogP contribution is 2.22. The molecule has 27 heavy (non-hydrogen) atoms. The molecule has 0 aliphatic carbocycles. The highest BCUT2D eigenvalue weighted by atomic mass is 32.2. The van der Waals surface area contributed by atoms with Crippen molar-refractivity contribution in [3.05, 3.63) is 59.4 Å². The van der Waals surface area contributed by atoms with Crippen molar-refractivity contribution in [2.24, 2.45) is 5.73 Å². The maximum absolute atomic E-state index is 12.8. The number of ether oxygens (including phenoxy) is 1. The summed E-state index contributed by atoms with van der Waals surface area (Å²) in [6, 6.07) is 10.6. The minimum atomic E-state index is -3.43. The summed E-state index contributed by atoms with van der Waals surface area (Å²) in [6.45, 7) is 2.70. The smallest absolute Gasteiger partial charge is 0.267 e. The van der Waals surface area contributed by atoms with Gasteiger partial charge in [0.05, 0.1) is 12.3 Å². The molecule has 0 saturated carbocycles. The second-order valence-electron chi connectivity index (χ2n) is 6.73. The Bertz CT molecular complexity index is 930. The molecule has 7 nitrogen and oxygen atoms in total. The largest absolute Gasteiger partial charge is 0.489 e. The third kappa shape index (κ3) is 5.05. The van der Waals surface area contributed by atoms with Crippen LogP contribution in [0.5, 0.6) is 5.75 Å². The molecule has 0 spiro atoms. The van der Waals surface area contributed by atoms with Gasteiger partial charge in [-0.15, -0.1) is 0 Å². The first-order chi connectivity index (χ1) is 12.8. The van der Waals surface area contributed by atoms with Crippen LogP contribution in [0, 0.1) is 6.92 Å². The Labute approximate surface area is 159 Å². The van der Waals surface area contributed by atoms with Crippen LogP contribution in [0.1, 0.15) is 34.5 Å². The summed E-state index contributed by atoms with van der Waals surface area (Å²) >= 11 is 0. The lowest BCUT2D eigenvalue weighted by molar-refractivity contribution is 0.0993. The first-order valence-corrected chi connectivity index (χ1v) is 10.4. The van der Waals surface area contributed by atoms with E-state index in [9.17, 15) is 13.2 Å². The molecule has 1 saturated heterocycles. The molecule has 1 fully saturated rings. The number of hydrogen-bond donors (Lipinski definition) is 1. The number of aromatic nitrogens is 1. The van der Waals surface area contributed by atoms with Gasteiger partial charge >= 0.3 is 0 Å². The van der Waals surface area contributed by atoms with E-state index in [4.69, 9.17) is 10.5 Å². The molecular weight excluding hydrogens is 366 g/mol. The summed E-state index contributed by atoms with van der Waals surface area (Å²) in [7, 11) is -3.43. The number of carbonyl (C=O) groups is 1. The van der Waals surface area contributed by atoms with Crippen molar-refractivity contribution in [3.63, 3.8) is 0 Å². The quantitative estimate of drug-likeness (QED) is 0.812. The predicted octanol–water partition coefficient (Wildman–Crippen LogP) is 1.86. The second-order valence-corrected chi connectivity index (χ2v) is 8.70. The third-order valence-corrected chi connectivity index (χ3v) is 6.27. The van der Waals surface area contributed by atoms with Crippen molar-refractivity contribution < 1.29 is 17.9 Å². The minimum absolute atomic E-state index is 0.0253. The molecule has 1 aromatic heterocycles. The molecule has 0 radical (unpaired) electrons. The molecular formula is C19H23N3O4S. The summed E-state index contributed by atoms with van der Waals surface area (Å²) in [4.78, 5) is 15.1. The number of carbonyl (C=O) groups excluding carboxylic acids is 1. The van der Waals surface area contributed by atoms with E-state index in [0.717, 1.165) is 17.5 Å². The summed E-state index contributed by atoms with van der Waals surface area (Å²) in [5.41, 5.74) is 7.16. The molecule has 3 rings (SSSR count). The number of sulfonamides is 1. The maximum atomic E-state index is 12.8. The van der Waals surface area contributed by atoms with Gasteiger partial charge in [0.1, 0.15) is 17.5 Å². The molecule has 1 aliphatic heterocycles. The van der Waals surface area contributed by atoms with Gasteiger partial charge in [0.25, 0.3) is 5.91 Å². The summed E-state index contributed by atoms with van der Waals surface area (Å²) in [6.07, 6.45) is 2.62. The lowest BCUT2D eigenvalue weighted by Gasteiger charge is -2.32. The fraction of sp³-hybridized carbons (Fsp3) is 0.368. The van der Waals surface area contributed by atoms with Crippen LogP contribution in [0.4, 0.5) is 0 Å². The predicted molar refractivity (Wildman–Crippen MR) is 102 cm³/mol. The van der Waals surface area contributed by atoms with Crippen LogP contribution in [-0.4, -0.2) is 42.8 Å². The van der Waals surface area contributed by atoms with Crippen LogP contribution in [0.25, 0.3) is 0 Å². The number of primary amides is 1. The first-order valence-electron chi connectivity index (χ1n) is 8.79. The molecule has 1 atom stereocenters. The van der Waals surface area contributed by atoms with Crippen molar-refractivity contribution in [1.29, 1.82) is 0 Å². The van der Waals surface area contributed by atoms with Gasteiger partial charge in [0, 0.05) is 18.8 Å². The molecule has 1 unspecified atom stereocenters. The summed E-state index contributed by atoms with van der Waals surface area (Å²) < 4.78 is 33.0. The Morgan fingerprint density at radius 2 is 2.15 bits per heavy atom. The first kappa shape index (κ1) is 19.3. The maximum Gasteiger partial charge on any atom is 0.267 e. The standard InChI is InChI=1S/C19H23N3O4S/c1-14-4-2-5-15(10-14)13-27(24,25)22-9-3-6-17(12-22)26-16-7-8-21-18(11-16)19(20)23/h2,4-5,7-8,10-11,17H,3,6,9,12-13H2,1H3,(H2,20,23). The Kier molecular flexibility index (Phi) is 5.76. The normalized spacial score (nSPS) is 18.2. The van der Waals surface area contributed by atoms with E-state index in [1.165, 1.54) is 16.6 Å². The zero-order valence-corrected chi connectivity index (χ0v) is 16.0. The zero-order valence-electron chi connectivity index (χ0n) is 15.2. The molecule has 144 valence electrons. The number of hydrogen-bond acceptors (Lipinski definition) is 5. The number of nitrogens with zero attached hydrogens (tertiary/aromatic N) is 2. The minimum Gasteiger partial charge on any atom is -0.489 e. The van der Waals surface area contributed by atoms with Crippen molar-refractivity contribution in [3.8, 4) is 5.75 Å². The van der Waals surface area contributed by atoms with E-state index in [-0.39, 0.29) is 24.1 Å². The van der Waals surface area contributed by atoms with Crippen LogP contribution in [0.2, 0.25) is 0 Å². The molecule has 0 bridgehead atoms. The van der Waals surface area contributed by atoms with Crippen LogP contribution >= 0.6 is 0 Å². The number of piperidine rings is 1. The molecule has 1 aliphatic rings. The zero-order chi connectivity index (χ0) is 19.4. The fourth-order valence-electron chi connectivity index (χ4n) is 3.17. The van der Waals surface area contributed by atoms with Crippen molar-refractivity contribution in [2.75, 3.05) is 13.1 Å². The number of amides is 1. The molecule has 2 heterocycles. The van der Waals surface area contributed by atoms with Gasteiger partial charge in [-0.3, -0.25) is 9.78 Å². The van der Waals surface area contributed by atoms with Crippen LogP contribution < -0.4 is 10.5 Å². The second kappa shape index (κ2) is 8.06. The molecule has 2 N–H and O–H groups in total. The molecule has 8 heteroatoms. The highest BCUT2D eigenvalue weighted by Gasteiger charge is 2.30. The number of benzene rings is 1. The van der Waals surface area contributed by atoms with Crippen LogP contribution in [0.3, 0.4) is 0 Å². The summed E-state index contributed by atoms with van der Waals surface area (Å²) in [5, 5.41) is 0. The van der Waals surface area contributed by atoms with E-state index >= 15 is 0 Å². The van der Waals surface area contributed by atoms with Gasteiger partial charge in [0.15, 0.2) is 0 Å². The van der Waals surface area contributed by atoms with E-state index in [1.807, 2.05) is 31.2 Å². The van der Waals surface area contributed by atoms with E-state index < -0.39 is 15.9 Å². The Morgan fingerprint density at radius 3 is 2.89 bits per heavy atom. The van der Waals surface area contributed by atoms with Gasteiger partial charge in [0.2, 0.25) is 10.0 Å². The Morgan fingerprint density at radius 1 is 1.33 bits per heavy atom. The Hall–Kier alpha value is -2.45. The monoisotopic (exact) mass is 389 g/mol. The lowest BCUT2D eigenvalue weighted by Crippen LogP contribution is -2.44. The SMILES string of the molecule is Cc1cccc(CS(=O)(=O)N2CCCC(Oc3ccnc(C(N)=O)c3)C2)c1. The average molecular weight is 389 g/mol. The molecule has 1 aromatic carbocycles. The van der Waals surface area contributed by atoms with Gasteiger partial charge in [-0.2, -0.15) is 4.31 Å². The van der Waals surface area contributed by atoms with Crippen LogP contribution in [-0.2, 0) is 15.8 Å². The third-order valence-electron chi connectivity index (χ3n) is 4.45. The fourth-order valence-corrected chi connectivity index (χ4v) is 4.75. The molecule has 1 amide bonds. The van der Waals surface area contributed by atoms with Gasteiger partial charge in [-0.05, 0) is 31.4 Å². The number of aryl methyl sites for hydroxylation is 1. The van der Waals surface area contributed by atoms with Crippen molar-refractivity contribution in [2.45, 2.75) is 31.6 Å². The van der Waals surface area contributed by atoms with E-state index in [1.54, 1.807) is 6.07 Å². The number of pyridine rings is 1. The van der Waals surface area contributed by atoms with Crippen molar-refractivity contribution in [1.82, 2.24) is 9.29 Å². The highest BCUT2D eigenvalue weighted by molar-refractivity contribution is 7.88. The van der Waals surface area contributed by atoms with Gasteiger partial charge in [-0.25, -0.2) is 8.42 Å². The van der Waals surface area contributed by atoms with Crippen LogP contribution in [0.15, 0.2) is 42.6 Å². The lowest BCUT2D eigenvalue weighted by atomic mass is 10.1. The van der Waals surface area contributed by atoms with Gasteiger partial charge in [-0.1, -0.05) is 29.8 Å². The van der Waals surface area contributed by atoms with E-state index in [0.29, 0.717) is 18.7 Å². The summed E-state index contributed by atoms with van der Waals surface area (Å²) in [5.74, 6) is -0.198. The Balaban J connectivity index is 1.68. The topological polar surface area (TPSA) is 103 Å². The number of nitrogens with two attached hydrogens (primary N) is 1. The number of rotatable bonds is 6. The molecule has 2 aromatic rings. The van der Waals surface area contributed by atoms with Gasteiger partial charge < -0.3 is 10.5 Å². The average Bonchev–Trinajstić information content (AvgIpc) is 2.62. The van der Waals surface area contributed by atoms with Crippen molar-refractivity contribution >= 4 is 15.9 Å². The van der Waals surface area contributed by atoms with E-state index in [2.05, 4.69) is 4.98 Å².